The van der Waals surface area contributed by atoms with Crippen molar-refractivity contribution < 1.29 is 67.4 Å². The molecule has 0 spiro atoms. The van der Waals surface area contributed by atoms with Gasteiger partial charge in [-0.05, 0) is 63.3 Å². The lowest BCUT2D eigenvalue weighted by Gasteiger charge is -2.30. The smallest absolute Gasteiger partial charge is 0.303 e. The number of carboxylic acids is 1. The van der Waals surface area contributed by atoms with Crippen molar-refractivity contribution in [2.24, 2.45) is 64.4 Å². The maximum absolute atomic E-state index is 14.4. The average molecular weight is 1110 g/mol. The Bertz CT molecular complexity index is 2040. The van der Waals surface area contributed by atoms with Crippen molar-refractivity contribution in [2.75, 3.05) is 24.6 Å². The molecule has 430 valence electrons. The number of ketones is 5. The van der Waals surface area contributed by atoms with Gasteiger partial charge in [0.25, 0.3) is 0 Å². The summed E-state index contributed by atoms with van der Waals surface area (Å²) in [6.07, 6.45) is -2.48. The summed E-state index contributed by atoms with van der Waals surface area (Å²) < 4.78 is 0. The highest BCUT2D eigenvalue weighted by molar-refractivity contribution is 8.76. The molecule has 0 saturated carbocycles. The molecule has 1 aliphatic heterocycles. The number of carbonyl (C=O) groups excluding carboxylic acids is 12. The van der Waals surface area contributed by atoms with Crippen LogP contribution in [0.1, 0.15) is 145 Å². The molecule has 1 rings (SSSR count). The maximum Gasteiger partial charge on any atom is 0.303 e. The third kappa shape index (κ3) is 26.2. The fourth-order valence-electron chi connectivity index (χ4n) is 8.48. The fraction of sp³-hybridized carbons (Fsp3) is 0.745. The summed E-state index contributed by atoms with van der Waals surface area (Å²) in [5.74, 6) is -15.5. The van der Waals surface area contributed by atoms with Crippen molar-refractivity contribution in [3.8, 4) is 0 Å². The summed E-state index contributed by atoms with van der Waals surface area (Å²) in [6.45, 7) is 11.8. The van der Waals surface area contributed by atoms with Crippen LogP contribution in [0.2, 0.25) is 0 Å². The van der Waals surface area contributed by atoms with Crippen LogP contribution < -0.4 is 49.5 Å². The second-order valence-electron chi connectivity index (χ2n) is 20.4. The number of unbranched alkanes of at least 4 members (excludes halogenated alkanes) is 1. The van der Waals surface area contributed by atoms with Gasteiger partial charge in [-0.25, -0.2) is 0 Å². The predicted molar refractivity (Wildman–Crippen MR) is 287 cm³/mol. The van der Waals surface area contributed by atoms with Gasteiger partial charge < -0.3 is 54.6 Å². The summed E-state index contributed by atoms with van der Waals surface area (Å²) in [7, 11) is 2.16. The van der Waals surface area contributed by atoms with Crippen molar-refractivity contribution in [3.05, 3.63) is 0 Å². The van der Waals surface area contributed by atoms with E-state index in [0.717, 1.165) is 21.6 Å². The standard InChI is InChI=1S/C51H85N9O14S2/c1-8-28(5)35-22-42(65)46(29(6)9-2)60-49(72)33(18-27(3)4)19-34(62)24-56-51(74)36(53)25-75-76-26-39(30(7)61)59-48(71)32(13-16-45(68)69)21-41(64)38(23-44(55)67)58-47(70)31(12-10-11-17-52)20-40(63)37(57-50(35)73)14-15-43(54)66/h27-29,31-33,35-39,46H,8-26,52-53H2,1-7H3,(H2,54,66)(H2,55,67)(H,56,74)(H,57,73)(H,58,70)(H,59,71)(H,60,72)(H,68,69). The van der Waals surface area contributed by atoms with Crippen LogP contribution >= 0.6 is 21.6 Å². The molecule has 25 heteroatoms. The average Bonchev–Trinajstić information content (AvgIpc) is 3.34. The van der Waals surface area contributed by atoms with Gasteiger partial charge in [-0.2, -0.15) is 0 Å². The van der Waals surface area contributed by atoms with Crippen molar-refractivity contribution in [3.63, 3.8) is 0 Å². The molecule has 11 unspecified atom stereocenters. The van der Waals surface area contributed by atoms with E-state index in [4.69, 9.17) is 22.9 Å². The van der Waals surface area contributed by atoms with Crippen molar-refractivity contribution in [1.82, 2.24) is 26.6 Å². The number of nitrogens with two attached hydrogens (primary N) is 4. The number of hydrogen-bond donors (Lipinski definition) is 10. The first kappa shape index (κ1) is 68.7. The monoisotopic (exact) mass is 1110 g/mol. The van der Waals surface area contributed by atoms with Gasteiger partial charge >= 0.3 is 5.97 Å². The predicted octanol–water partition coefficient (Wildman–Crippen LogP) is 0.928. The molecule has 1 fully saturated rings. The zero-order chi connectivity index (χ0) is 57.8. The van der Waals surface area contributed by atoms with Crippen LogP contribution in [-0.2, 0) is 62.3 Å². The normalized spacial score (nSPS) is 26.3. The number of amides is 7. The minimum Gasteiger partial charge on any atom is -0.481 e. The molecule has 11 atom stereocenters. The zero-order valence-corrected chi connectivity index (χ0v) is 46.9. The van der Waals surface area contributed by atoms with E-state index >= 15 is 0 Å². The van der Waals surface area contributed by atoms with Crippen LogP contribution in [0.5, 0.6) is 0 Å². The molecule has 7 amide bonds. The molecule has 0 radical (unpaired) electrons. The van der Waals surface area contributed by atoms with Gasteiger partial charge in [0, 0.05) is 73.7 Å². The third-order valence-electron chi connectivity index (χ3n) is 13.6. The highest BCUT2D eigenvalue weighted by Crippen LogP contribution is 2.27. The fourth-order valence-corrected chi connectivity index (χ4v) is 10.8. The number of carboxylic acid groups (broad SMARTS) is 1. The van der Waals surface area contributed by atoms with Crippen molar-refractivity contribution >= 4 is 97.8 Å². The van der Waals surface area contributed by atoms with Gasteiger partial charge in [-0.3, -0.25) is 62.3 Å². The Morgan fingerprint density at radius 1 is 0.632 bits per heavy atom. The zero-order valence-electron chi connectivity index (χ0n) is 45.2. The number of Topliss-reactive ketones (excluding diaryl/α,β-unsaturated/α-hetero) is 5. The van der Waals surface area contributed by atoms with Crippen LogP contribution in [0.15, 0.2) is 0 Å². The summed E-state index contributed by atoms with van der Waals surface area (Å²) in [6, 6.07) is -6.46. The van der Waals surface area contributed by atoms with Crippen LogP contribution in [0.25, 0.3) is 0 Å². The van der Waals surface area contributed by atoms with E-state index < -0.39 is 181 Å². The first-order valence-corrected chi connectivity index (χ1v) is 28.7. The highest BCUT2D eigenvalue weighted by Gasteiger charge is 2.38. The van der Waals surface area contributed by atoms with E-state index in [-0.39, 0.29) is 62.5 Å². The number of primary amides is 2. The molecule has 1 saturated heterocycles. The van der Waals surface area contributed by atoms with Gasteiger partial charge in [-0.15, -0.1) is 0 Å². The first-order chi connectivity index (χ1) is 35.6. The number of aliphatic carboxylic acids is 1. The lowest BCUT2D eigenvalue weighted by Crippen LogP contribution is -2.51. The highest BCUT2D eigenvalue weighted by atomic mass is 33.1. The quantitative estimate of drug-likeness (QED) is 0.0635. The minimum absolute atomic E-state index is 0.00710. The van der Waals surface area contributed by atoms with Crippen LogP contribution in [0.4, 0.5) is 0 Å². The molecule has 23 nitrogen and oxygen atoms in total. The van der Waals surface area contributed by atoms with Crippen LogP contribution in [-0.4, -0.2) is 136 Å². The molecule has 0 aromatic heterocycles. The van der Waals surface area contributed by atoms with E-state index in [1.807, 2.05) is 20.8 Å². The second kappa shape index (κ2) is 35.9. The Balaban J connectivity index is 3.95. The molecule has 0 aromatic rings. The van der Waals surface area contributed by atoms with Crippen molar-refractivity contribution in [1.29, 1.82) is 0 Å². The van der Waals surface area contributed by atoms with Crippen LogP contribution in [0.3, 0.4) is 0 Å². The lowest BCUT2D eigenvalue weighted by molar-refractivity contribution is -0.139. The van der Waals surface area contributed by atoms with E-state index in [1.54, 1.807) is 20.8 Å². The molecule has 1 heterocycles. The SMILES string of the molecule is CCC(C)C1CC(=O)C(C(C)CC)NC(=O)C(CC(C)C)CC(=O)CNC(=O)C(N)CSSCC(C(C)=O)NC(=O)C(CCC(=O)O)CC(=O)C(CC(N)=O)NC(=O)C(CCCCN)CC(=O)C(CCC(N)=O)NC1=O. The third-order valence-corrected chi connectivity index (χ3v) is 16.0. The summed E-state index contributed by atoms with van der Waals surface area (Å²) in [5.41, 5.74) is 22.9. The Morgan fingerprint density at radius 3 is 1.75 bits per heavy atom. The topological polar surface area (TPSA) is 406 Å². The van der Waals surface area contributed by atoms with Crippen LogP contribution in [0, 0.1) is 41.4 Å². The molecule has 1 aliphatic rings. The Hall–Kier alpha value is -5.27. The van der Waals surface area contributed by atoms with E-state index in [2.05, 4.69) is 26.6 Å². The van der Waals surface area contributed by atoms with Gasteiger partial charge in [0.05, 0.1) is 43.2 Å². The number of nitrogens with one attached hydrogen (secondary N) is 5. The first-order valence-electron chi connectivity index (χ1n) is 26.2. The summed E-state index contributed by atoms with van der Waals surface area (Å²) in [5, 5.41) is 22.6. The number of hydrogen-bond acceptors (Lipinski definition) is 17. The summed E-state index contributed by atoms with van der Waals surface area (Å²) in [4.78, 5) is 174. The molecular formula is C51H85N9O14S2. The van der Waals surface area contributed by atoms with Crippen molar-refractivity contribution in [2.45, 2.75) is 175 Å². The Morgan fingerprint density at radius 2 is 1.20 bits per heavy atom. The molecule has 76 heavy (non-hydrogen) atoms. The Kier molecular flexibility index (Phi) is 32.5. The largest absolute Gasteiger partial charge is 0.481 e. The van der Waals surface area contributed by atoms with Gasteiger partial charge in [0.1, 0.15) is 0 Å². The van der Waals surface area contributed by atoms with E-state index in [1.165, 1.54) is 6.92 Å². The lowest BCUT2D eigenvalue weighted by atomic mass is 9.82. The molecule has 14 N–H and O–H groups in total. The van der Waals surface area contributed by atoms with E-state index in [9.17, 15) is 67.4 Å². The summed E-state index contributed by atoms with van der Waals surface area (Å²) >= 11 is 0. The van der Waals surface area contributed by atoms with Gasteiger partial charge in [0.2, 0.25) is 41.4 Å². The minimum atomic E-state index is -1.66. The molecule has 0 aromatic carbocycles. The number of rotatable bonds is 19. The van der Waals surface area contributed by atoms with Gasteiger partial charge in [-0.1, -0.05) is 82.4 Å². The van der Waals surface area contributed by atoms with Gasteiger partial charge in [0.15, 0.2) is 28.9 Å². The van der Waals surface area contributed by atoms with E-state index in [0.29, 0.717) is 25.7 Å². The second-order valence-corrected chi connectivity index (χ2v) is 23.0. The molecule has 0 bridgehead atoms. The maximum atomic E-state index is 14.4. The Labute approximate surface area is 454 Å². The number of carbonyl (C=O) groups is 13. The molecular weight excluding hydrogens is 1030 g/mol. The molecule has 0 aliphatic carbocycles.